The summed E-state index contributed by atoms with van der Waals surface area (Å²) in [4.78, 5) is 14.4. The minimum atomic E-state index is -4.86. The predicted octanol–water partition coefficient (Wildman–Crippen LogP) is 2.26. The van der Waals surface area contributed by atoms with Crippen molar-refractivity contribution < 1.29 is 22.5 Å². The molecule has 4 nitrogen and oxygen atoms in total. The average Bonchev–Trinajstić information content (AvgIpc) is 2.63. The van der Waals surface area contributed by atoms with Crippen LogP contribution in [0.25, 0.3) is 0 Å². The standard InChI is InChI=1S/C9H11F3N2O2/c1-3-5(2)8-13-7(16-14-8)4-6(15)9(10,11)12/h5H,3-4H2,1-2H3. The second-order valence-electron chi connectivity index (χ2n) is 3.45. The van der Waals surface area contributed by atoms with Crippen molar-refractivity contribution in [2.45, 2.75) is 38.8 Å². The van der Waals surface area contributed by atoms with Crippen molar-refractivity contribution in [2.24, 2.45) is 0 Å². The fraction of sp³-hybridized carbons (Fsp3) is 0.667. The summed E-state index contributed by atoms with van der Waals surface area (Å²) in [6.07, 6.45) is -5.01. The van der Waals surface area contributed by atoms with Gasteiger partial charge in [0.15, 0.2) is 5.82 Å². The number of halogens is 3. The lowest BCUT2D eigenvalue weighted by molar-refractivity contribution is -0.170. The van der Waals surface area contributed by atoms with Crippen LogP contribution in [0.3, 0.4) is 0 Å². The van der Waals surface area contributed by atoms with Crippen molar-refractivity contribution in [3.63, 3.8) is 0 Å². The van der Waals surface area contributed by atoms with Gasteiger partial charge in [0.1, 0.15) is 0 Å². The van der Waals surface area contributed by atoms with E-state index in [0.717, 1.165) is 6.42 Å². The number of hydrogen-bond acceptors (Lipinski definition) is 4. The summed E-state index contributed by atoms with van der Waals surface area (Å²) in [6.45, 7) is 3.71. The van der Waals surface area contributed by atoms with E-state index in [9.17, 15) is 18.0 Å². The molecule has 0 bridgehead atoms. The molecule has 0 saturated carbocycles. The van der Waals surface area contributed by atoms with E-state index < -0.39 is 18.4 Å². The molecule has 0 saturated heterocycles. The predicted molar refractivity (Wildman–Crippen MR) is 47.8 cm³/mol. The fourth-order valence-corrected chi connectivity index (χ4v) is 0.960. The molecule has 16 heavy (non-hydrogen) atoms. The first-order chi connectivity index (χ1) is 7.34. The van der Waals surface area contributed by atoms with Gasteiger partial charge in [-0.1, -0.05) is 19.0 Å². The Morgan fingerprint density at radius 2 is 2.12 bits per heavy atom. The van der Waals surface area contributed by atoms with Crippen molar-refractivity contribution in [3.8, 4) is 0 Å². The van der Waals surface area contributed by atoms with Gasteiger partial charge in [-0.3, -0.25) is 4.79 Å². The molecule has 1 heterocycles. The Morgan fingerprint density at radius 1 is 1.50 bits per heavy atom. The van der Waals surface area contributed by atoms with Crippen LogP contribution >= 0.6 is 0 Å². The van der Waals surface area contributed by atoms with Crippen molar-refractivity contribution in [1.82, 2.24) is 10.1 Å². The molecule has 1 unspecified atom stereocenters. The molecule has 0 aromatic carbocycles. The summed E-state index contributed by atoms with van der Waals surface area (Å²) in [5.74, 6) is -1.85. The molecule has 0 radical (unpaired) electrons. The summed E-state index contributed by atoms with van der Waals surface area (Å²) in [7, 11) is 0. The molecule has 0 spiro atoms. The number of aromatic nitrogens is 2. The highest BCUT2D eigenvalue weighted by Crippen LogP contribution is 2.19. The molecule has 0 aliphatic carbocycles. The zero-order valence-corrected chi connectivity index (χ0v) is 8.84. The number of hydrogen-bond donors (Lipinski definition) is 0. The Kier molecular flexibility index (Phi) is 3.66. The first kappa shape index (κ1) is 12.7. The van der Waals surface area contributed by atoms with Gasteiger partial charge in [-0.05, 0) is 6.42 Å². The third kappa shape index (κ3) is 3.04. The molecule has 7 heteroatoms. The van der Waals surface area contributed by atoms with Gasteiger partial charge in [-0.15, -0.1) is 0 Å². The smallest absolute Gasteiger partial charge is 0.339 e. The Morgan fingerprint density at radius 3 is 2.62 bits per heavy atom. The van der Waals surface area contributed by atoms with E-state index >= 15 is 0 Å². The van der Waals surface area contributed by atoms with Crippen LogP contribution in [0.4, 0.5) is 13.2 Å². The Bertz CT molecular complexity index is 373. The molecule has 1 rings (SSSR count). The van der Waals surface area contributed by atoms with Crippen LogP contribution in [-0.4, -0.2) is 22.1 Å². The number of carbonyl (C=O) groups is 1. The minimum absolute atomic E-state index is 0.00140. The lowest BCUT2D eigenvalue weighted by Gasteiger charge is -2.01. The topological polar surface area (TPSA) is 56.0 Å². The molecule has 0 aliphatic heterocycles. The van der Waals surface area contributed by atoms with Gasteiger partial charge in [-0.2, -0.15) is 18.2 Å². The van der Waals surface area contributed by atoms with E-state index in [4.69, 9.17) is 0 Å². The number of carbonyl (C=O) groups excluding carboxylic acids is 1. The van der Waals surface area contributed by atoms with Crippen LogP contribution in [0.5, 0.6) is 0 Å². The van der Waals surface area contributed by atoms with Gasteiger partial charge in [0.05, 0.1) is 6.42 Å². The van der Waals surface area contributed by atoms with Gasteiger partial charge in [-0.25, -0.2) is 0 Å². The minimum Gasteiger partial charge on any atom is -0.339 e. The molecule has 1 aromatic rings. The first-order valence-electron chi connectivity index (χ1n) is 4.77. The molecule has 0 fully saturated rings. The SMILES string of the molecule is CCC(C)c1noc(CC(=O)C(F)(F)F)n1. The maximum absolute atomic E-state index is 11.9. The maximum atomic E-state index is 11.9. The van der Waals surface area contributed by atoms with Crippen LogP contribution in [-0.2, 0) is 11.2 Å². The fourth-order valence-electron chi connectivity index (χ4n) is 0.960. The van der Waals surface area contributed by atoms with Crippen molar-refractivity contribution in [2.75, 3.05) is 0 Å². The van der Waals surface area contributed by atoms with Gasteiger partial charge >= 0.3 is 6.18 Å². The average molecular weight is 236 g/mol. The Balaban J connectivity index is 2.69. The van der Waals surface area contributed by atoms with E-state index in [-0.39, 0.29) is 11.8 Å². The quantitative estimate of drug-likeness (QED) is 0.804. The summed E-state index contributed by atoms with van der Waals surface area (Å²) in [5.41, 5.74) is 0. The van der Waals surface area contributed by atoms with E-state index in [2.05, 4.69) is 14.7 Å². The van der Waals surface area contributed by atoms with Crippen molar-refractivity contribution >= 4 is 5.78 Å². The number of alkyl halides is 3. The van der Waals surface area contributed by atoms with Gasteiger partial charge in [0, 0.05) is 5.92 Å². The van der Waals surface area contributed by atoms with E-state index in [0.29, 0.717) is 5.82 Å². The normalized spacial score (nSPS) is 13.8. The van der Waals surface area contributed by atoms with Crippen LogP contribution in [0.1, 0.15) is 37.9 Å². The molecule has 0 aliphatic rings. The van der Waals surface area contributed by atoms with Gasteiger partial charge in [0.25, 0.3) is 0 Å². The zero-order chi connectivity index (χ0) is 12.3. The number of rotatable bonds is 4. The summed E-state index contributed by atoms with van der Waals surface area (Å²) < 4.78 is 40.4. The Labute approximate surface area is 89.8 Å². The lowest BCUT2D eigenvalue weighted by Crippen LogP contribution is -2.24. The van der Waals surface area contributed by atoms with E-state index in [1.807, 2.05) is 13.8 Å². The largest absolute Gasteiger partial charge is 0.450 e. The summed E-state index contributed by atoms with van der Waals surface area (Å²) in [5, 5.41) is 3.52. The third-order valence-electron chi connectivity index (χ3n) is 2.16. The first-order valence-corrected chi connectivity index (χ1v) is 4.77. The molecule has 90 valence electrons. The van der Waals surface area contributed by atoms with E-state index in [1.165, 1.54) is 0 Å². The highest BCUT2D eigenvalue weighted by Gasteiger charge is 2.39. The highest BCUT2D eigenvalue weighted by molar-refractivity contribution is 5.85. The van der Waals surface area contributed by atoms with Crippen LogP contribution in [0, 0.1) is 0 Å². The summed E-state index contributed by atoms with van der Waals surface area (Å²) in [6, 6.07) is 0. The third-order valence-corrected chi connectivity index (χ3v) is 2.16. The van der Waals surface area contributed by atoms with E-state index in [1.54, 1.807) is 0 Å². The second-order valence-corrected chi connectivity index (χ2v) is 3.45. The number of Topliss-reactive ketones (excluding diaryl/α,β-unsaturated/α-hetero) is 1. The molecular formula is C9H11F3N2O2. The molecule has 1 atom stereocenters. The maximum Gasteiger partial charge on any atom is 0.450 e. The molecular weight excluding hydrogens is 225 g/mol. The van der Waals surface area contributed by atoms with Crippen molar-refractivity contribution in [1.29, 1.82) is 0 Å². The highest BCUT2D eigenvalue weighted by atomic mass is 19.4. The van der Waals surface area contributed by atoms with Crippen LogP contribution in [0.15, 0.2) is 4.52 Å². The van der Waals surface area contributed by atoms with Crippen LogP contribution in [0.2, 0.25) is 0 Å². The zero-order valence-electron chi connectivity index (χ0n) is 8.84. The van der Waals surface area contributed by atoms with Gasteiger partial charge < -0.3 is 4.52 Å². The van der Waals surface area contributed by atoms with Crippen molar-refractivity contribution in [3.05, 3.63) is 11.7 Å². The number of ketones is 1. The lowest BCUT2D eigenvalue weighted by atomic mass is 10.1. The molecule has 0 N–H and O–H groups in total. The van der Waals surface area contributed by atoms with Crippen LogP contribution < -0.4 is 0 Å². The second kappa shape index (κ2) is 4.63. The summed E-state index contributed by atoms with van der Waals surface area (Å²) >= 11 is 0. The molecule has 0 amide bonds. The number of nitrogens with zero attached hydrogens (tertiary/aromatic N) is 2. The monoisotopic (exact) mass is 236 g/mol. The molecule has 1 aromatic heterocycles. The Hall–Kier alpha value is -1.40. The van der Waals surface area contributed by atoms with Gasteiger partial charge in [0.2, 0.25) is 11.7 Å².